The van der Waals surface area contributed by atoms with Gasteiger partial charge in [-0.1, -0.05) is 26.0 Å². The van der Waals surface area contributed by atoms with Crippen molar-refractivity contribution in [1.29, 1.82) is 0 Å². The molecule has 0 spiro atoms. The van der Waals surface area contributed by atoms with Crippen molar-refractivity contribution in [3.05, 3.63) is 48.0 Å². The van der Waals surface area contributed by atoms with Crippen LogP contribution in [-0.2, 0) is 19.4 Å². The number of hydrogen-bond donors (Lipinski definition) is 2. The van der Waals surface area contributed by atoms with E-state index in [0.29, 0.717) is 23.0 Å². The van der Waals surface area contributed by atoms with Crippen LogP contribution in [0.4, 0.5) is 11.4 Å². The highest BCUT2D eigenvalue weighted by Gasteiger charge is 2.21. The van der Waals surface area contributed by atoms with Gasteiger partial charge in [0.25, 0.3) is 5.91 Å². The Kier molecular flexibility index (Phi) is 5.69. The SMILES string of the molecule is CC(C)c1ccc(NC(=O)CCS(=O)(=O)c2ccc3c(c2)NC(=O)CO3)cc1. The summed E-state index contributed by atoms with van der Waals surface area (Å²) in [5.74, 6) is -0.250. The molecule has 0 atom stereocenters. The van der Waals surface area contributed by atoms with Gasteiger partial charge in [0.05, 0.1) is 16.3 Å². The Balaban J connectivity index is 1.62. The highest BCUT2D eigenvalue weighted by atomic mass is 32.2. The van der Waals surface area contributed by atoms with Gasteiger partial charge in [-0.2, -0.15) is 0 Å². The van der Waals surface area contributed by atoms with Crippen molar-refractivity contribution in [3.8, 4) is 5.75 Å². The highest BCUT2D eigenvalue weighted by molar-refractivity contribution is 7.91. The minimum absolute atomic E-state index is 0.0335. The zero-order valence-electron chi connectivity index (χ0n) is 15.7. The van der Waals surface area contributed by atoms with Gasteiger partial charge in [-0.05, 0) is 41.8 Å². The molecule has 2 aromatic rings. The first-order valence-electron chi connectivity index (χ1n) is 8.94. The molecule has 0 aromatic heterocycles. The maximum absolute atomic E-state index is 12.5. The van der Waals surface area contributed by atoms with Gasteiger partial charge in [-0.15, -0.1) is 0 Å². The van der Waals surface area contributed by atoms with E-state index in [9.17, 15) is 18.0 Å². The fraction of sp³-hybridized carbons (Fsp3) is 0.300. The molecule has 0 aliphatic carbocycles. The highest BCUT2D eigenvalue weighted by Crippen LogP contribution is 2.30. The summed E-state index contributed by atoms with van der Waals surface area (Å²) >= 11 is 0. The summed E-state index contributed by atoms with van der Waals surface area (Å²) in [6.07, 6.45) is -0.172. The second-order valence-corrected chi connectivity index (χ2v) is 9.00. The lowest BCUT2D eigenvalue weighted by molar-refractivity contribution is -0.118. The maximum Gasteiger partial charge on any atom is 0.262 e. The van der Waals surface area contributed by atoms with Crippen LogP contribution in [0.5, 0.6) is 5.75 Å². The van der Waals surface area contributed by atoms with E-state index in [1.165, 1.54) is 18.2 Å². The van der Waals surface area contributed by atoms with Crippen LogP contribution in [0.15, 0.2) is 47.4 Å². The molecule has 2 amide bonds. The van der Waals surface area contributed by atoms with Gasteiger partial charge < -0.3 is 15.4 Å². The predicted octanol–water partition coefficient (Wildman–Crippen LogP) is 2.94. The Morgan fingerprint density at radius 1 is 1.18 bits per heavy atom. The second-order valence-electron chi connectivity index (χ2n) is 6.89. The summed E-state index contributed by atoms with van der Waals surface area (Å²) in [7, 11) is -3.68. The average Bonchev–Trinajstić information content (AvgIpc) is 2.66. The topological polar surface area (TPSA) is 102 Å². The molecule has 8 heteroatoms. The Morgan fingerprint density at radius 2 is 1.89 bits per heavy atom. The predicted molar refractivity (Wildman–Crippen MR) is 106 cm³/mol. The third-order valence-corrected chi connectivity index (χ3v) is 6.12. The van der Waals surface area contributed by atoms with Crippen molar-refractivity contribution in [2.24, 2.45) is 0 Å². The first-order valence-corrected chi connectivity index (χ1v) is 10.6. The lowest BCUT2D eigenvalue weighted by Crippen LogP contribution is -2.25. The number of sulfone groups is 1. The first-order chi connectivity index (χ1) is 13.2. The van der Waals surface area contributed by atoms with Crippen LogP contribution in [-0.4, -0.2) is 32.6 Å². The molecule has 0 saturated heterocycles. The summed E-state index contributed by atoms with van der Waals surface area (Å²) in [6.45, 7) is 4.06. The number of nitrogens with one attached hydrogen (secondary N) is 2. The van der Waals surface area contributed by atoms with E-state index < -0.39 is 9.84 Å². The minimum atomic E-state index is -3.68. The monoisotopic (exact) mass is 402 g/mol. The van der Waals surface area contributed by atoms with E-state index in [4.69, 9.17) is 4.74 Å². The van der Waals surface area contributed by atoms with E-state index in [1.807, 2.05) is 12.1 Å². The number of hydrogen-bond acceptors (Lipinski definition) is 5. The van der Waals surface area contributed by atoms with Crippen LogP contribution >= 0.6 is 0 Å². The summed E-state index contributed by atoms with van der Waals surface area (Å²) in [5.41, 5.74) is 2.09. The fourth-order valence-electron chi connectivity index (χ4n) is 2.78. The van der Waals surface area contributed by atoms with Crippen molar-refractivity contribution in [3.63, 3.8) is 0 Å². The van der Waals surface area contributed by atoms with Gasteiger partial charge in [-0.25, -0.2) is 8.42 Å². The Morgan fingerprint density at radius 3 is 2.57 bits per heavy atom. The molecule has 0 unspecified atom stereocenters. The lowest BCUT2D eigenvalue weighted by Gasteiger charge is -2.18. The first kappa shape index (κ1) is 19.9. The van der Waals surface area contributed by atoms with E-state index in [2.05, 4.69) is 24.5 Å². The molecular weight excluding hydrogens is 380 g/mol. The third kappa shape index (κ3) is 4.69. The smallest absolute Gasteiger partial charge is 0.262 e. The number of fused-ring (bicyclic) bond motifs is 1. The van der Waals surface area contributed by atoms with Gasteiger partial charge in [0.2, 0.25) is 5.91 Å². The van der Waals surface area contributed by atoms with Gasteiger partial charge in [0.15, 0.2) is 16.4 Å². The summed E-state index contributed by atoms with van der Waals surface area (Å²) in [6, 6.07) is 11.7. The summed E-state index contributed by atoms with van der Waals surface area (Å²) < 4.78 is 30.3. The van der Waals surface area contributed by atoms with E-state index in [-0.39, 0.29) is 35.5 Å². The van der Waals surface area contributed by atoms with Crippen molar-refractivity contribution < 1.29 is 22.7 Å². The van der Waals surface area contributed by atoms with Gasteiger partial charge >= 0.3 is 0 Å². The molecule has 1 aliphatic heterocycles. The lowest BCUT2D eigenvalue weighted by atomic mass is 10.0. The molecular formula is C20H22N2O5S. The van der Waals surface area contributed by atoms with Gasteiger partial charge in [0, 0.05) is 12.1 Å². The maximum atomic E-state index is 12.5. The Bertz CT molecular complexity index is 998. The van der Waals surface area contributed by atoms with Crippen LogP contribution in [0, 0.1) is 0 Å². The number of anilines is 2. The summed E-state index contributed by atoms with van der Waals surface area (Å²) in [4.78, 5) is 23.6. The molecule has 0 bridgehead atoms. The molecule has 148 valence electrons. The molecule has 1 heterocycles. The Labute approximate surface area is 164 Å². The van der Waals surface area contributed by atoms with Gasteiger partial charge in [-0.3, -0.25) is 9.59 Å². The standard InChI is InChI=1S/C20H22N2O5S/c1-13(2)14-3-5-15(6-4-14)21-19(23)9-10-28(25,26)16-7-8-18-17(11-16)22-20(24)12-27-18/h3-8,11,13H,9-10,12H2,1-2H3,(H,21,23)(H,22,24). The van der Waals surface area contributed by atoms with Crippen LogP contribution in [0.25, 0.3) is 0 Å². The molecule has 2 N–H and O–H groups in total. The minimum Gasteiger partial charge on any atom is -0.482 e. The zero-order valence-corrected chi connectivity index (χ0v) is 16.5. The molecule has 0 radical (unpaired) electrons. The number of benzene rings is 2. The average molecular weight is 402 g/mol. The molecule has 3 rings (SSSR count). The molecule has 0 saturated carbocycles. The van der Waals surface area contributed by atoms with E-state index >= 15 is 0 Å². The van der Waals surface area contributed by atoms with Crippen molar-refractivity contribution in [1.82, 2.24) is 0 Å². The number of ether oxygens (including phenoxy) is 1. The van der Waals surface area contributed by atoms with Crippen LogP contribution < -0.4 is 15.4 Å². The molecule has 1 aliphatic rings. The van der Waals surface area contributed by atoms with Gasteiger partial charge in [0.1, 0.15) is 5.75 Å². The number of carbonyl (C=O) groups excluding carboxylic acids is 2. The van der Waals surface area contributed by atoms with E-state index in [1.54, 1.807) is 12.1 Å². The molecule has 7 nitrogen and oxygen atoms in total. The number of rotatable bonds is 6. The second kappa shape index (κ2) is 8.02. The van der Waals surface area contributed by atoms with Crippen molar-refractivity contribution >= 4 is 33.0 Å². The fourth-order valence-corrected chi connectivity index (χ4v) is 4.04. The summed E-state index contributed by atoms with van der Waals surface area (Å²) in [5, 5.41) is 5.28. The van der Waals surface area contributed by atoms with E-state index in [0.717, 1.165) is 5.56 Å². The normalized spacial score (nSPS) is 13.5. The quantitative estimate of drug-likeness (QED) is 0.774. The van der Waals surface area contributed by atoms with Crippen molar-refractivity contribution in [2.45, 2.75) is 31.1 Å². The molecule has 0 fully saturated rings. The molecule has 2 aromatic carbocycles. The number of carbonyl (C=O) groups is 2. The third-order valence-electron chi connectivity index (χ3n) is 4.40. The van der Waals surface area contributed by atoms with Crippen molar-refractivity contribution in [2.75, 3.05) is 23.0 Å². The van der Waals surface area contributed by atoms with Crippen LogP contribution in [0.1, 0.15) is 31.7 Å². The zero-order chi connectivity index (χ0) is 20.3. The molecule has 28 heavy (non-hydrogen) atoms. The Hall–Kier alpha value is -2.87. The van der Waals surface area contributed by atoms with Crippen LogP contribution in [0.3, 0.4) is 0 Å². The number of amides is 2. The van der Waals surface area contributed by atoms with Crippen LogP contribution in [0.2, 0.25) is 0 Å². The largest absolute Gasteiger partial charge is 0.482 e.